The van der Waals surface area contributed by atoms with Gasteiger partial charge in [0.05, 0.1) is 73.6 Å². The zero-order valence-corrected chi connectivity index (χ0v) is 51.3. The first-order valence-corrected chi connectivity index (χ1v) is 28.7. The standard InChI is InChI=1S/C67H54F12N4O11/c1-30-22-31(2)49(82-53(88)42-18-14-36(28-46(42)55(82)90)62(64(68,69)70,65(71,72)73)34-12-16-40-44(26-34)51(86)80-50(40)85)32(3)48(30)60(7,8)61(9,10)83-56(91)43-19-15-37(29-47(43)57(83)92)63(66(74,75)76,67(77,78)79)35-13-17-41-45(27-35)54(89)81(52(41)87)39-24-33(58(93)94-21-11-20-84)23-38(25-39)59(4,5)6/h12-19,22-29,84H,11,20-21H2,1-10H3,(H,80,85,86). The average molecular weight is 1320 g/mol. The number of rotatable bonds is 13. The lowest BCUT2D eigenvalue weighted by molar-refractivity contribution is -0.290. The Morgan fingerprint density at radius 2 is 0.851 bits per heavy atom. The number of anilines is 2. The van der Waals surface area contributed by atoms with Gasteiger partial charge in [0.2, 0.25) is 10.8 Å². The third-order valence-electron chi connectivity index (χ3n) is 18.5. The highest BCUT2D eigenvalue weighted by Crippen LogP contribution is 2.60. The SMILES string of the molecule is Cc1cc(C)c(C(C)(C)C(C)(C)N2C(=O)c3ccc(C(c4ccc5c(c4)C(=O)N(c4cc(C(=O)OCCCO)cc(C(C)(C)C)c4)C5=O)(C(F)(F)F)C(F)(F)F)cc3C2=O)c(C)c1N1C(=O)c2ccc(C(c3ccc4c(c3)C(=O)NC4=O)(C(F)(F)F)C(F)(F)F)cc2C1=O. The van der Waals surface area contributed by atoms with Gasteiger partial charge in [-0.25, -0.2) is 14.6 Å². The van der Waals surface area contributed by atoms with E-state index in [0.29, 0.717) is 74.4 Å². The fourth-order valence-electron chi connectivity index (χ4n) is 13.4. The second kappa shape index (κ2) is 21.8. The van der Waals surface area contributed by atoms with Crippen molar-refractivity contribution in [1.29, 1.82) is 0 Å². The summed E-state index contributed by atoms with van der Waals surface area (Å²) >= 11 is 0. The smallest absolute Gasteiger partial charge is 0.411 e. The summed E-state index contributed by atoms with van der Waals surface area (Å²) < 4.78 is 194. The van der Waals surface area contributed by atoms with Gasteiger partial charge in [-0.3, -0.25) is 48.6 Å². The summed E-state index contributed by atoms with van der Waals surface area (Å²) in [5.74, 6) is -11.1. The molecule has 15 nitrogen and oxygen atoms in total. The number of nitrogens with one attached hydrogen (secondary N) is 1. The molecule has 0 atom stereocenters. The number of aliphatic hydroxyl groups is 1. The molecule has 27 heteroatoms. The van der Waals surface area contributed by atoms with Gasteiger partial charge >= 0.3 is 30.7 Å². The lowest BCUT2D eigenvalue weighted by Gasteiger charge is -2.48. The maximum absolute atomic E-state index is 16.0. The minimum atomic E-state index is -6.37. The summed E-state index contributed by atoms with van der Waals surface area (Å²) in [5, 5.41) is 11.0. The molecule has 2 N–H and O–H groups in total. The molecule has 0 aliphatic carbocycles. The van der Waals surface area contributed by atoms with E-state index in [9.17, 15) is 48.3 Å². The van der Waals surface area contributed by atoms with Crippen molar-refractivity contribution in [3.05, 3.63) is 197 Å². The van der Waals surface area contributed by atoms with Gasteiger partial charge in [0, 0.05) is 18.4 Å². The number of nitrogens with zero attached hydrogens (tertiary/aromatic N) is 3. The largest absolute Gasteiger partial charge is 0.462 e. The zero-order chi connectivity index (χ0) is 69.8. The van der Waals surface area contributed by atoms with Crippen LogP contribution in [0.15, 0.2) is 97.1 Å². The molecule has 0 saturated carbocycles. The quantitative estimate of drug-likeness (QED) is 0.0482. The first kappa shape index (κ1) is 67.4. The molecular weight excluding hydrogens is 1260 g/mol. The van der Waals surface area contributed by atoms with Crippen LogP contribution >= 0.6 is 0 Å². The Kier molecular flexibility index (Phi) is 15.6. The molecule has 492 valence electrons. The van der Waals surface area contributed by atoms with Crippen molar-refractivity contribution in [3.63, 3.8) is 0 Å². The van der Waals surface area contributed by atoms with Crippen molar-refractivity contribution >= 4 is 64.6 Å². The molecule has 0 bridgehead atoms. The van der Waals surface area contributed by atoms with Crippen LogP contribution in [0.25, 0.3) is 0 Å². The number of esters is 1. The molecule has 0 fully saturated rings. The van der Waals surface area contributed by atoms with Crippen LogP contribution in [-0.2, 0) is 26.4 Å². The summed E-state index contributed by atoms with van der Waals surface area (Å²) in [6.07, 6.45) is -25.2. The number of amides is 8. The lowest BCUT2D eigenvalue weighted by atomic mass is 9.65. The van der Waals surface area contributed by atoms with Crippen LogP contribution in [0.4, 0.5) is 64.1 Å². The second-order valence-electron chi connectivity index (χ2n) is 25.4. The number of aryl methyl sites for hydroxylation is 2. The predicted octanol–water partition coefficient (Wildman–Crippen LogP) is 13.1. The lowest BCUT2D eigenvalue weighted by Crippen LogP contribution is -2.58. The van der Waals surface area contributed by atoms with Crippen LogP contribution in [0.5, 0.6) is 0 Å². The van der Waals surface area contributed by atoms with Gasteiger partial charge in [-0.15, -0.1) is 0 Å². The summed E-state index contributed by atoms with van der Waals surface area (Å²) in [4.78, 5) is 127. The van der Waals surface area contributed by atoms with Gasteiger partial charge < -0.3 is 9.84 Å². The molecule has 0 aromatic heterocycles. The van der Waals surface area contributed by atoms with Crippen molar-refractivity contribution in [3.8, 4) is 0 Å². The summed E-state index contributed by atoms with van der Waals surface area (Å²) in [6, 6.07) is 10.0. The topological polar surface area (TPSA) is 205 Å². The molecule has 10 rings (SSSR count). The Hall–Kier alpha value is -9.53. The van der Waals surface area contributed by atoms with Crippen molar-refractivity contribution in [2.24, 2.45) is 0 Å². The first-order chi connectivity index (χ1) is 43.3. The number of carbonyl (C=O) groups is 9. The van der Waals surface area contributed by atoms with Crippen LogP contribution < -0.4 is 15.1 Å². The van der Waals surface area contributed by atoms with Crippen LogP contribution in [-0.4, -0.2) is 107 Å². The number of ether oxygens (including phenoxy) is 1. The van der Waals surface area contributed by atoms with E-state index in [-0.39, 0.29) is 77.5 Å². The second-order valence-corrected chi connectivity index (χ2v) is 25.4. The first-order valence-electron chi connectivity index (χ1n) is 28.7. The highest BCUT2D eigenvalue weighted by atomic mass is 19.4. The Balaban J connectivity index is 1.01. The fraction of sp³-hybridized carbons (Fsp3) is 0.328. The number of hydrogen-bond donors (Lipinski definition) is 2. The number of carbonyl (C=O) groups excluding carboxylic acids is 9. The minimum Gasteiger partial charge on any atom is -0.462 e. The number of hydrogen-bond acceptors (Lipinski definition) is 11. The molecule has 8 amide bonds. The van der Waals surface area contributed by atoms with E-state index in [1.807, 2.05) is 0 Å². The van der Waals surface area contributed by atoms with E-state index < -0.39 is 172 Å². The zero-order valence-electron chi connectivity index (χ0n) is 51.3. The van der Waals surface area contributed by atoms with Crippen LogP contribution in [0.2, 0.25) is 0 Å². The van der Waals surface area contributed by atoms with Crippen molar-refractivity contribution < 1.29 is 106 Å². The van der Waals surface area contributed by atoms with E-state index in [1.54, 1.807) is 26.1 Å². The summed E-state index contributed by atoms with van der Waals surface area (Å²) in [6.45, 7) is 14.4. The Bertz CT molecular complexity index is 4370. The summed E-state index contributed by atoms with van der Waals surface area (Å²) in [7, 11) is 0. The van der Waals surface area contributed by atoms with Gasteiger partial charge in [-0.2, -0.15) is 52.7 Å². The van der Waals surface area contributed by atoms with Gasteiger partial charge in [0.25, 0.3) is 47.3 Å². The molecule has 4 heterocycles. The van der Waals surface area contributed by atoms with Crippen LogP contribution in [0.3, 0.4) is 0 Å². The van der Waals surface area contributed by atoms with Gasteiger partial charge in [0.1, 0.15) is 0 Å². The molecule has 0 unspecified atom stereocenters. The highest BCUT2D eigenvalue weighted by molar-refractivity contribution is 6.36. The van der Waals surface area contributed by atoms with Crippen molar-refractivity contribution in [2.75, 3.05) is 23.0 Å². The number of fused-ring (bicyclic) bond motifs is 4. The molecule has 4 aliphatic rings. The normalized spacial score (nSPS) is 15.8. The highest BCUT2D eigenvalue weighted by Gasteiger charge is 2.74. The maximum atomic E-state index is 16.0. The minimum absolute atomic E-state index is 0.0195. The Labute approximate surface area is 526 Å². The number of aliphatic hydroxyl groups excluding tert-OH is 1. The molecule has 94 heavy (non-hydrogen) atoms. The Morgan fingerprint density at radius 1 is 0.457 bits per heavy atom. The third-order valence-corrected chi connectivity index (χ3v) is 18.5. The van der Waals surface area contributed by atoms with E-state index >= 15 is 52.7 Å². The number of imide groups is 4. The number of benzene rings is 6. The summed E-state index contributed by atoms with van der Waals surface area (Å²) in [5.41, 5.74) is -26.7. The predicted molar refractivity (Wildman–Crippen MR) is 311 cm³/mol. The third kappa shape index (κ3) is 9.63. The van der Waals surface area contributed by atoms with E-state index in [1.165, 1.54) is 66.7 Å². The Morgan fingerprint density at radius 3 is 1.31 bits per heavy atom. The molecular formula is C67H54F12N4O11. The van der Waals surface area contributed by atoms with E-state index in [0.717, 1.165) is 6.07 Å². The molecule has 6 aromatic carbocycles. The van der Waals surface area contributed by atoms with Gasteiger partial charge in [-0.05, 0) is 157 Å². The monoisotopic (exact) mass is 1320 g/mol. The molecule has 0 radical (unpaired) electrons. The average Bonchev–Trinajstić information content (AvgIpc) is 1.25. The van der Waals surface area contributed by atoms with Gasteiger partial charge in [-0.1, -0.05) is 65.0 Å². The molecule has 0 saturated heterocycles. The molecule has 0 spiro atoms. The fourth-order valence-corrected chi connectivity index (χ4v) is 13.4. The van der Waals surface area contributed by atoms with E-state index in [2.05, 4.69) is 0 Å². The van der Waals surface area contributed by atoms with Gasteiger partial charge in [0.15, 0.2) is 0 Å². The maximum Gasteiger partial charge on any atom is 0.411 e. The van der Waals surface area contributed by atoms with Crippen molar-refractivity contribution in [1.82, 2.24) is 10.2 Å². The number of alkyl halides is 12. The number of halogens is 12. The molecule has 4 aliphatic heterocycles. The van der Waals surface area contributed by atoms with E-state index in [4.69, 9.17) is 4.74 Å². The van der Waals surface area contributed by atoms with Crippen molar-refractivity contribution in [2.45, 2.75) is 128 Å². The molecule has 6 aromatic rings. The van der Waals surface area contributed by atoms with Crippen LogP contribution in [0, 0.1) is 20.8 Å². The van der Waals surface area contributed by atoms with Crippen LogP contribution in [0.1, 0.15) is 198 Å².